The Balaban J connectivity index is 2.05. The number of amides is 2. The van der Waals surface area contributed by atoms with E-state index in [0.717, 1.165) is 30.4 Å². The van der Waals surface area contributed by atoms with Crippen molar-refractivity contribution in [3.05, 3.63) is 59.4 Å². The largest absolute Gasteiger partial charge is 0.350 e. The standard InChI is InChI=1S/C22H28FN3O2/c1-4-7-17(3)22(28)26-13-6-5-8-16(2)21(26)25-15-20(27)24-14-18-9-11-19(23)12-10-18/h8-12H,3-7,13-15H2,1-2H3,(H,24,27). The number of carbonyl (C=O) groups excluding carboxylic acids is 2. The normalized spacial score (nSPS) is 15.8. The van der Waals surface area contributed by atoms with E-state index in [1.165, 1.54) is 12.1 Å². The van der Waals surface area contributed by atoms with E-state index in [0.29, 0.717) is 30.9 Å². The lowest BCUT2D eigenvalue weighted by Crippen LogP contribution is -2.39. The fourth-order valence-corrected chi connectivity index (χ4v) is 2.99. The Morgan fingerprint density at radius 1 is 1.29 bits per heavy atom. The quantitative estimate of drug-likeness (QED) is 0.727. The summed E-state index contributed by atoms with van der Waals surface area (Å²) in [6.07, 6.45) is 5.25. The molecule has 0 unspecified atom stereocenters. The van der Waals surface area contributed by atoms with Crippen LogP contribution in [0.3, 0.4) is 0 Å². The number of rotatable bonds is 7. The highest BCUT2D eigenvalue weighted by atomic mass is 19.1. The minimum atomic E-state index is -0.313. The molecule has 28 heavy (non-hydrogen) atoms. The lowest BCUT2D eigenvalue weighted by atomic mass is 10.1. The second kappa shape index (κ2) is 10.5. The third-order valence-corrected chi connectivity index (χ3v) is 4.52. The van der Waals surface area contributed by atoms with E-state index in [1.54, 1.807) is 17.0 Å². The Kier molecular flexibility index (Phi) is 8.11. The zero-order valence-corrected chi connectivity index (χ0v) is 16.6. The summed E-state index contributed by atoms with van der Waals surface area (Å²) >= 11 is 0. The van der Waals surface area contributed by atoms with Crippen molar-refractivity contribution in [2.24, 2.45) is 4.99 Å². The molecule has 150 valence electrons. The Bertz CT molecular complexity index is 781. The highest BCUT2D eigenvalue weighted by Crippen LogP contribution is 2.17. The van der Waals surface area contributed by atoms with E-state index in [1.807, 2.05) is 19.9 Å². The molecule has 0 saturated heterocycles. The van der Waals surface area contributed by atoms with Crippen molar-refractivity contribution < 1.29 is 14.0 Å². The molecule has 0 aromatic heterocycles. The van der Waals surface area contributed by atoms with Gasteiger partial charge in [0, 0.05) is 18.7 Å². The second-order valence-electron chi connectivity index (χ2n) is 6.88. The number of aliphatic imine (C=N–C) groups is 1. The molecule has 0 spiro atoms. The van der Waals surface area contributed by atoms with Gasteiger partial charge in [-0.3, -0.25) is 19.5 Å². The zero-order valence-electron chi connectivity index (χ0n) is 16.6. The van der Waals surface area contributed by atoms with Crippen LogP contribution in [-0.2, 0) is 16.1 Å². The monoisotopic (exact) mass is 385 g/mol. The van der Waals surface area contributed by atoms with Crippen LogP contribution >= 0.6 is 0 Å². The van der Waals surface area contributed by atoms with E-state index < -0.39 is 0 Å². The Hall–Kier alpha value is -2.76. The fraction of sp³-hybridized carbons (Fsp3) is 0.409. The minimum Gasteiger partial charge on any atom is -0.350 e. The van der Waals surface area contributed by atoms with Crippen LogP contribution in [0.5, 0.6) is 0 Å². The second-order valence-corrected chi connectivity index (χ2v) is 6.88. The van der Waals surface area contributed by atoms with Gasteiger partial charge in [-0.2, -0.15) is 0 Å². The SMILES string of the molecule is C=C(CCC)C(=O)N1CCCC=C(C)C1=NCC(=O)NCc1ccc(F)cc1. The summed E-state index contributed by atoms with van der Waals surface area (Å²) in [5.74, 6) is -0.154. The maximum absolute atomic E-state index is 12.9. The third-order valence-electron chi connectivity index (χ3n) is 4.52. The average Bonchev–Trinajstić information content (AvgIpc) is 2.86. The van der Waals surface area contributed by atoms with Crippen molar-refractivity contribution in [1.82, 2.24) is 10.2 Å². The third kappa shape index (κ3) is 6.15. The first-order valence-corrected chi connectivity index (χ1v) is 9.64. The summed E-state index contributed by atoms with van der Waals surface area (Å²) in [5, 5.41) is 2.77. The Morgan fingerprint density at radius 3 is 2.68 bits per heavy atom. The van der Waals surface area contributed by atoms with Gasteiger partial charge in [0.2, 0.25) is 5.91 Å². The maximum atomic E-state index is 12.9. The number of allylic oxidation sites excluding steroid dienone is 1. The van der Waals surface area contributed by atoms with E-state index >= 15 is 0 Å². The van der Waals surface area contributed by atoms with E-state index in [4.69, 9.17) is 0 Å². The molecule has 0 bridgehead atoms. The molecule has 2 amide bonds. The molecule has 0 radical (unpaired) electrons. The first-order chi connectivity index (χ1) is 13.4. The lowest BCUT2D eigenvalue weighted by Gasteiger charge is -2.24. The van der Waals surface area contributed by atoms with Crippen LogP contribution in [0.2, 0.25) is 0 Å². The van der Waals surface area contributed by atoms with Crippen molar-refractivity contribution in [3.8, 4) is 0 Å². The summed E-state index contributed by atoms with van der Waals surface area (Å²) in [5.41, 5.74) is 2.26. The average molecular weight is 385 g/mol. The molecule has 5 nitrogen and oxygen atoms in total. The summed E-state index contributed by atoms with van der Waals surface area (Å²) < 4.78 is 12.9. The summed E-state index contributed by atoms with van der Waals surface area (Å²) in [6, 6.07) is 5.96. The number of hydrogen-bond acceptors (Lipinski definition) is 3. The fourth-order valence-electron chi connectivity index (χ4n) is 2.99. The van der Waals surface area contributed by atoms with Gasteiger partial charge in [0.05, 0.1) is 0 Å². The summed E-state index contributed by atoms with van der Waals surface area (Å²) in [7, 11) is 0. The van der Waals surface area contributed by atoms with Crippen molar-refractivity contribution in [1.29, 1.82) is 0 Å². The zero-order chi connectivity index (χ0) is 20.5. The van der Waals surface area contributed by atoms with Gasteiger partial charge in [-0.25, -0.2) is 4.39 Å². The predicted molar refractivity (Wildman–Crippen MR) is 109 cm³/mol. The number of hydrogen-bond donors (Lipinski definition) is 1. The first-order valence-electron chi connectivity index (χ1n) is 9.64. The molecule has 2 rings (SSSR count). The highest BCUT2D eigenvalue weighted by Gasteiger charge is 2.24. The maximum Gasteiger partial charge on any atom is 0.254 e. The van der Waals surface area contributed by atoms with Crippen LogP contribution in [-0.4, -0.2) is 35.6 Å². The van der Waals surface area contributed by atoms with Crippen LogP contribution in [0.1, 0.15) is 45.1 Å². The number of nitrogens with zero attached hydrogens (tertiary/aromatic N) is 2. The molecule has 1 aromatic carbocycles. The number of benzene rings is 1. The smallest absolute Gasteiger partial charge is 0.254 e. The summed E-state index contributed by atoms with van der Waals surface area (Å²) in [6.45, 7) is 8.60. The van der Waals surface area contributed by atoms with Gasteiger partial charge in [-0.1, -0.05) is 38.1 Å². The predicted octanol–water partition coefficient (Wildman–Crippen LogP) is 3.77. The van der Waals surface area contributed by atoms with Gasteiger partial charge in [0.1, 0.15) is 18.2 Å². The van der Waals surface area contributed by atoms with Crippen molar-refractivity contribution >= 4 is 17.6 Å². The van der Waals surface area contributed by atoms with Gasteiger partial charge in [0.25, 0.3) is 5.91 Å². The molecule has 0 fully saturated rings. The van der Waals surface area contributed by atoms with Gasteiger partial charge in [-0.15, -0.1) is 0 Å². The van der Waals surface area contributed by atoms with E-state index in [2.05, 4.69) is 16.9 Å². The molecule has 0 atom stereocenters. The molecule has 0 aliphatic carbocycles. The number of amidine groups is 1. The molecule has 0 saturated carbocycles. The number of nitrogens with one attached hydrogen (secondary N) is 1. The summed E-state index contributed by atoms with van der Waals surface area (Å²) in [4.78, 5) is 31.0. The Labute approximate surface area is 166 Å². The van der Waals surface area contributed by atoms with Crippen LogP contribution < -0.4 is 5.32 Å². The molecular formula is C22H28FN3O2. The van der Waals surface area contributed by atoms with Gasteiger partial charge in [-0.05, 0) is 49.5 Å². The molecule has 1 aliphatic heterocycles. The molecular weight excluding hydrogens is 357 g/mol. The molecule has 1 N–H and O–H groups in total. The Morgan fingerprint density at radius 2 is 2.00 bits per heavy atom. The van der Waals surface area contributed by atoms with Crippen molar-refractivity contribution in [2.75, 3.05) is 13.1 Å². The van der Waals surface area contributed by atoms with E-state index in [9.17, 15) is 14.0 Å². The van der Waals surface area contributed by atoms with Gasteiger partial charge < -0.3 is 5.32 Å². The lowest BCUT2D eigenvalue weighted by molar-refractivity contribution is -0.124. The van der Waals surface area contributed by atoms with Crippen molar-refractivity contribution in [3.63, 3.8) is 0 Å². The minimum absolute atomic E-state index is 0.0776. The van der Waals surface area contributed by atoms with Crippen LogP contribution in [0.4, 0.5) is 4.39 Å². The number of halogens is 1. The molecule has 6 heteroatoms. The van der Waals surface area contributed by atoms with Crippen molar-refractivity contribution in [2.45, 2.75) is 46.1 Å². The molecule has 1 aliphatic rings. The van der Waals surface area contributed by atoms with Crippen LogP contribution in [0, 0.1) is 5.82 Å². The first kappa shape index (κ1) is 21.5. The van der Waals surface area contributed by atoms with Crippen LogP contribution in [0.25, 0.3) is 0 Å². The highest BCUT2D eigenvalue weighted by molar-refractivity contribution is 6.12. The van der Waals surface area contributed by atoms with Crippen LogP contribution in [0.15, 0.2) is 53.1 Å². The van der Waals surface area contributed by atoms with E-state index in [-0.39, 0.29) is 24.2 Å². The topological polar surface area (TPSA) is 61.8 Å². The molecule has 1 aromatic rings. The number of carbonyl (C=O) groups is 2. The van der Waals surface area contributed by atoms with Gasteiger partial charge in [0.15, 0.2) is 0 Å². The van der Waals surface area contributed by atoms with Gasteiger partial charge >= 0.3 is 0 Å². The molecule has 1 heterocycles.